The molecule has 7 heteroatoms. The van der Waals surface area contributed by atoms with Crippen LogP contribution in [-0.4, -0.2) is 57.1 Å². The van der Waals surface area contributed by atoms with Crippen molar-refractivity contribution in [2.45, 2.75) is 13.8 Å². The van der Waals surface area contributed by atoms with E-state index in [1.807, 2.05) is 0 Å². The van der Waals surface area contributed by atoms with Crippen LogP contribution in [0.4, 0.5) is 0 Å². The van der Waals surface area contributed by atoms with Crippen LogP contribution in [0, 0.1) is 5.92 Å². The number of nitrogens with one attached hydrogen (secondary N) is 2. The maximum atomic E-state index is 11.9. The van der Waals surface area contributed by atoms with Gasteiger partial charge in [0.1, 0.15) is 0 Å². The van der Waals surface area contributed by atoms with Crippen LogP contribution < -0.4 is 10.6 Å². The summed E-state index contributed by atoms with van der Waals surface area (Å²) in [5.41, 5.74) is 0. The molecule has 0 bridgehead atoms. The molecule has 0 spiro atoms. The molecule has 0 unspecified atom stereocenters. The van der Waals surface area contributed by atoms with Crippen LogP contribution in [0.5, 0.6) is 0 Å². The topological polar surface area (TPSA) is 78.5 Å². The average Bonchev–Trinajstić information content (AvgIpc) is 2.29. The number of hydrogen-bond acceptors (Lipinski definition) is 4. The first-order chi connectivity index (χ1) is 7.93. The largest absolute Gasteiger partial charge is 0.355 e. The molecular formula is C10H21N3O3S. The van der Waals surface area contributed by atoms with Crippen molar-refractivity contribution in [1.82, 2.24) is 14.9 Å². The van der Waals surface area contributed by atoms with E-state index in [4.69, 9.17) is 0 Å². The highest BCUT2D eigenvalue weighted by atomic mass is 32.2. The summed E-state index contributed by atoms with van der Waals surface area (Å²) in [7, 11) is -3.23. The Kier molecular flexibility index (Phi) is 5.35. The Hall–Kier alpha value is -0.660. The summed E-state index contributed by atoms with van der Waals surface area (Å²) >= 11 is 0. The van der Waals surface area contributed by atoms with Crippen LogP contribution in [0.1, 0.15) is 13.8 Å². The van der Waals surface area contributed by atoms with Crippen molar-refractivity contribution in [3.63, 3.8) is 0 Å². The smallest absolute Gasteiger partial charge is 0.222 e. The van der Waals surface area contributed by atoms with Crippen LogP contribution in [-0.2, 0) is 14.8 Å². The number of nitrogens with zero attached hydrogens (tertiary/aromatic N) is 1. The Morgan fingerprint density at radius 3 is 2.47 bits per heavy atom. The van der Waals surface area contributed by atoms with E-state index in [0.717, 1.165) is 0 Å². The van der Waals surface area contributed by atoms with Gasteiger partial charge in [-0.1, -0.05) is 13.8 Å². The van der Waals surface area contributed by atoms with Crippen molar-refractivity contribution in [2.75, 3.05) is 38.5 Å². The predicted molar refractivity (Wildman–Crippen MR) is 66.1 cm³/mol. The SMILES string of the molecule is CC(C)C(=O)NCCS(=O)(=O)N1CCNCC1. The highest BCUT2D eigenvalue weighted by Crippen LogP contribution is 2.02. The molecule has 0 aromatic carbocycles. The van der Waals surface area contributed by atoms with Crippen molar-refractivity contribution in [2.24, 2.45) is 5.92 Å². The summed E-state index contributed by atoms with van der Waals surface area (Å²) in [4.78, 5) is 11.3. The second kappa shape index (κ2) is 6.32. The molecule has 0 aromatic rings. The molecular weight excluding hydrogens is 242 g/mol. The lowest BCUT2D eigenvalue weighted by Crippen LogP contribution is -2.48. The molecule has 6 nitrogen and oxygen atoms in total. The Labute approximate surface area is 103 Å². The van der Waals surface area contributed by atoms with Gasteiger partial charge in [0.2, 0.25) is 15.9 Å². The molecule has 0 aromatic heterocycles. The zero-order valence-corrected chi connectivity index (χ0v) is 11.2. The van der Waals surface area contributed by atoms with Gasteiger partial charge < -0.3 is 10.6 Å². The summed E-state index contributed by atoms with van der Waals surface area (Å²) in [6, 6.07) is 0. The number of rotatable bonds is 5. The van der Waals surface area contributed by atoms with Gasteiger partial charge in [-0.2, -0.15) is 4.31 Å². The summed E-state index contributed by atoms with van der Waals surface area (Å²) in [5.74, 6) is -0.247. The van der Waals surface area contributed by atoms with E-state index in [1.165, 1.54) is 4.31 Å². The molecule has 0 saturated carbocycles. The number of sulfonamides is 1. The first-order valence-corrected chi connectivity index (χ1v) is 7.50. The van der Waals surface area contributed by atoms with Gasteiger partial charge in [0.15, 0.2) is 0 Å². The number of hydrogen-bond donors (Lipinski definition) is 2. The zero-order valence-electron chi connectivity index (χ0n) is 10.4. The maximum absolute atomic E-state index is 11.9. The van der Waals surface area contributed by atoms with Crippen LogP contribution >= 0.6 is 0 Å². The molecule has 0 radical (unpaired) electrons. The number of carbonyl (C=O) groups is 1. The van der Waals surface area contributed by atoms with Gasteiger partial charge in [0.25, 0.3) is 0 Å². The average molecular weight is 263 g/mol. The third-order valence-corrected chi connectivity index (χ3v) is 4.52. The summed E-state index contributed by atoms with van der Waals surface area (Å²) in [5, 5.41) is 5.72. The van der Waals surface area contributed by atoms with E-state index in [2.05, 4.69) is 10.6 Å². The lowest BCUT2D eigenvalue weighted by Gasteiger charge is -2.26. The van der Waals surface area contributed by atoms with Gasteiger partial charge in [-0.3, -0.25) is 4.79 Å². The van der Waals surface area contributed by atoms with Crippen molar-refractivity contribution in [3.8, 4) is 0 Å². The Bertz CT molecular complexity index is 348. The zero-order chi connectivity index (χ0) is 12.9. The molecule has 1 amide bonds. The van der Waals surface area contributed by atoms with E-state index in [0.29, 0.717) is 26.2 Å². The highest BCUT2D eigenvalue weighted by molar-refractivity contribution is 7.89. The van der Waals surface area contributed by atoms with Gasteiger partial charge in [0.05, 0.1) is 5.75 Å². The van der Waals surface area contributed by atoms with E-state index in [1.54, 1.807) is 13.8 Å². The molecule has 17 heavy (non-hydrogen) atoms. The van der Waals surface area contributed by atoms with Gasteiger partial charge >= 0.3 is 0 Å². The lowest BCUT2D eigenvalue weighted by atomic mass is 10.2. The van der Waals surface area contributed by atoms with Crippen LogP contribution in [0.2, 0.25) is 0 Å². The van der Waals surface area contributed by atoms with Crippen LogP contribution in [0.15, 0.2) is 0 Å². The standard InChI is InChI=1S/C10H21N3O3S/c1-9(2)10(14)12-5-8-17(15,16)13-6-3-11-4-7-13/h9,11H,3-8H2,1-2H3,(H,12,14). The van der Waals surface area contributed by atoms with E-state index >= 15 is 0 Å². The molecule has 2 N–H and O–H groups in total. The first kappa shape index (κ1) is 14.4. The van der Waals surface area contributed by atoms with Crippen LogP contribution in [0.25, 0.3) is 0 Å². The third-order valence-electron chi connectivity index (χ3n) is 2.65. The Morgan fingerprint density at radius 2 is 1.94 bits per heavy atom. The quantitative estimate of drug-likeness (QED) is 0.666. The van der Waals surface area contributed by atoms with Crippen LogP contribution in [0.3, 0.4) is 0 Å². The van der Waals surface area contributed by atoms with Gasteiger partial charge in [-0.25, -0.2) is 8.42 Å². The van der Waals surface area contributed by atoms with Gasteiger partial charge in [-0.05, 0) is 0 Å². The minimum absolute atomic E-state index is 0.0224. The van der Waals surface area contributed by atoms with Crippen molar-refractivity contribution in [3.05, 3.63) is 0 Å². The number of carbonyl (C=O) groups excluding carboxylic acids is 1. The maximum Gasteiger partial charge on any atom is 0.222 e. The molecule has 1 aliphatic rings. The second-order valence-corrected chi connectivity index (χ2v) is 6.50. The molecule has 1 heterocycles. The van der Waals surface area contributed by atoms with E-state index < -0.39 is 10.0 Å². The molecule has 0 aliphatic carbocycles. The van der Waals surface area contributed by atoms with Gasteiger partial charge in [-0.15, -0.1) is 0 Å². The van der Waals surface area contributed by atoms with Crippen molar-refractivity contribution < 1.29 is 13.2 Å². The molecule has 1 saturated heterocycles. The number of piperazine rings is 1. The monoisotopic (exact) mass is 263 g/mol. The Morgan fingerprint density at radius 1 is 1.35 bits per heavy atom. The molecule has 1 fully saturated rings. The van der Waals surface area contributed by atoms with Gasteiger partial charge in [0, 0.05) is 38.6 Å². The van der Waals surface area contributed by atoms with E-state index in [9.17, 15) is 13.2 Å². The minimum Gasteiger partial charge on any atom is -0.355 e. The summed E-state index contributed by atoms with van der Waals surface area (Å²) in [6.45, 7) is 6.15. The number of amides is 1. The molecule has 1 rings (SSSR count). The fraction of sp³-hybridized carbons (Fsp3) is 0.900. The fourth-order valence-corrected chi connectivity index (χ4v) is 2.92. The van der Waals surface area contributed by atoms with Crippen molar-refractivity contribution >= 4 is 15.9 Å². The highest BCUT2D eigenvalue weighted by Gasteiger charge is 2.23. The minimum atomic E-state index is -3.23. The predicted octanol–water partition coefficient (Wildman–Crippen LogP) is -1.01. The molecule has 100 valence electrons. The molecule has 0 atom stereocenters. The summed E-state index contributed by atoms with van der Waals surface area (Å²) < 4.78 is 25.2. The fourth-order valence-electron chi connectivity index (χ4n) is 1.56. The van der Waals surface area contributed by atoms with Crippen molar-refractivity contribution in [1.29, 1.82) is 0 Å². The Balaban J connectivity index is 2.36. The van der Waals surface area contributed by atoms with E-state index in [-0.39, 0.29) is 24.1 Å². The third kappa shape index (κ3) is 4.61. The first-order valence-electron chi connectivity index (χ1n) is 5.90. The normalized spacial score (nSPS) is 18.3. The lowest BCUT2D eigenvalue weighted by molar-refractivity contribution is -0.123. The second-order valence-electron chi connectivity index (χ2n) is 4.41. The summed E-state index contributed by atoms with van der Waals surface area (Å²) in [6.07, 6.45) is 0. The molecule has 1 aliphatic heterocycles.